The molecule has 4 heteroatoms. The summed E-state index contributed by atoms with van der Waals surface area (Å²) < 4.78 is 5.34. The maximum atomic E-state index is 11.3. The smallest absolute Gasteiger partial charge is 0.264 e. The van der Waals surface area contributed by atoms with E-state index in [4.69, 9.17) is 4.74 Å². The molecule has 1 heterocycles. The number of nitrogens with zero attached hydrogens (tertiary/aromatic N) is 1. The number of ether oxygens (including phenoxy) is 1. The minimum absolute atomic E-state index is 0.0101. The molecule has 1 aromatic carbocycles. The summed E-state index contributed by atoms with van der Waals surface area (Å²) in [6, 6.07) is 5.84. The first-order valence-electron chi connectivity index (χ1n) is 4.30. The summed E-state index contributed by atoms with van der Waals surface area (Å²) in [5.74, 6) is 0.771. The molecule has 0 radical (unpaired) electrons. The lowest BCUT2D eigenvalue weighted by Gasteiger charge is -2.26. The molecule has 2 rings (SSSR count). The molecular formula is C10H10BrNO2. The van der Waals surface area contributed by atoms with Gasteiger partial charge in [-0.05, 0) is 17.7 Å². The van der Waals surface area contributed by atoms with Crippen LogP contribution in [0.3, 0.4) is 0 Å². The molecule has 0 atom stereocenters. The van der Waals surface area contributed by atoms with Gasteiger partial charge in [0.15, 0.2) is 6.61 Å². The fraction of sp³-hybridized carbons (Fsp3) is 0.300. The van der Waals surface area contributed by atoms with E-state index in [0.717, 1.165) is 22.3 Å². The average molecular weight is 256 g/mol. The number of amides is 1. The number of hydrogen-bond donors (Lipinski definition) is 0. The second-order valence-electron chi connectivity index (χ2n) is 3.18. The molecule has 0 unspecified atom stereocenters. The van der Waals surface area contributed by atoms with Gasteiger partial charge in [0.25, 0.3) is 5.91 Å². The predicted molar refractivity (Wildman–Crippen MR) is 58.0 cm³/mol. The minimum atomic E-state index is -0.0101. The molecule has 0 aliphatic carbocycles. The molecule has 0 fully saturated rings. The molecule has 0 N–H and O–H groups in total. The lowest BCUT2D eigenvalue weighted by molar-refractivity contribution is -0.120. The third kappa shape index (κ3) is 1.50. The van der Waals surface area contributed by atoms with Crippen molar-refractivity contribution in [2.45, 2.75) is 5.33 Å². The summed E-state index contributed by atoms with van der Waals surface area (Å²) >= 11 is 3.38. The molecular weight excluding hydrogens is 246 g/mol. The Kier molecular flexibility index (Phi) is 2.46. The van der Waals surface area contributed by atoms with E-state index in [-0.39, 0.29) is 12.5 Å². The average Bonchev–Trinajstić information content (AvgIpc) is 2.23. The van der Waals surface area contributed by atoms with Gasteiger partial charge < -0.3 is 9.64 Å². The normalized spacial score (nSPS) is 15.0. The number of hydrogen-bond acceptors (Lipinski definition) is 2. The van der Waals surface area contributed by atoms with Crippen LogP contribution in [0, 0.1) is 0 Å². The van der Waals surface area contributed by atoms with Gasteiger partial charge in [-0.15, -0.1) is 0 Å². The largest absolute Gasteiger partial charge is 0.482 e. The Bertz CT molecular complexity index is 378. The van der Waals surface area contributed by atoms with Gasteiger partial charge in [0.05, 0.1) is 5.69 Å². The predicted octanol–water partition coefficient (Wildman–Crippen LogP) is 1.94. The van der Waals surface area contributed by atoms with Crippen LogP contribution in [-0.4, -0.2) is 19.6 Å². The Morgan fingerprint density at radius 3 is 3.07 bits per heavy atom. The summed E-state index contributed by atoms with van der Waals surface area (Å²) in [7, 11) is 1.76. The topological polar surface area (TPSA) is 29.5 Å². The molecule has 1 aliphatic heterocycles. The van der Waals surface area contributed by atoms with Crippen LogP contribution in [0.15, 0.2) is 18.2 Å². The Hall–Kier alpha value is -1.03. The van der Waals surface area contributed by atoms with Gasteiger partial charge in [-0.2, -0.15) is 0 Å². The molecule has 0 saturated heterocycles. The second-order valence-corrected chi connectivity index (χ2v) is 3.74. The number of carbonyl (C=O) groups excluding carboxylic acids is 1. The first-order valence-corrected chi connectivity index (χ1v) is 5.43. The zero-order valence-corrected chi connectivity index (χ0v) is 9.37. The van der Waals surface area contributed by atoms with Crippen LogP contribution >= 0.6 is 15.9 Å². The van der Waals surface area contributed by atoms with Gasteiger partial charge in [-0.25, -0.2) is 0 Å². The van der Waals surface area contributed by atoms with Crippen molar-refractivity contribution in [2.24, 2.45) is 0 Å². The lowest BCUT2D eigenvalue weighted by Crippen LogP contribution is -2.35. The van der Waals surface area contributed by atoms with Crippen molar-refractivity contribution in [1.29, 1.82) is 0 Å². The first kappa shape index (κ1) is 9.52. The van der Waals surface area contributed by atoms with Gasteiger partial charge in [0.1, 0.15) is 5.75 Å². The molecule has 3 nitrogen and oxygen atoms in total. The van der Waals surface area contributed by atoms with Crippen LogP contribution in [0.25, 0.3) is 0 Å². The van der Waals surface area contributed by atoms with Gasteiger partial charge in [0.2, 0.25) is 0 Å². The van der Waals surface area contributed by atoms with Crippen molar-refractivity contribution in [3.05, 3.63) is 23.8 Å². The second kappa shape index (κ2) is 3.61. The van der Waals surface area contributed by atoms with Crippen molar-refractivity contribution >= 4 is 27.5 Å². The summed E-state index contributed by atoms with van der Waals surface area (Å²) in [5.41, 5.74) is 1.98. The summed E-state index contributed by atoms with van der Waals surface area (Å²) in [6.07, 6.45) is 0. The van der Waals surface area contributed by atoms with Crippen LogP contribution in [0.2, 0.25) is 0 Å². The van der Waals surface area contributed by atoms with E-state index in [1.807, 2.05) is 18.2 Å². The molecule has 0 bridgehead atoms. The Morgan fingerprint density at radius 2 is 2.36 bits per heavy atom. The number of benzene rings is 1. The zero-order chi connectivity index (χ0) is 10.1. The third-order valence-corrected chi connectivity index (χ3v) is 2.91. The molecule has 14 heavy (non-hydrogen) atoms. The fourth-order valence-corrected chi connectivity index (χ4v) is 1.75. The number of carbonyl (C=O) groups is 1. The van der Waals surface area contributed by atoms with Crippen molar-refractivity contribution < 1.29 is 9.53 Å². The van der Waals surface area contributed by atoms with Crippen LogP contribution in [0.1, 0.15) is 5.56 Å². The van der Waals surface area contributed by atoms with Crippen molar-refractivity contribution in [2.75, 3.05) is 18.6 Å². The van der Waals surface area contributed by atoms with Gasteiger partial charge >= 0.3 is 0 Å². The standard InChI is InChI=1S/C10H10BrNO2/c1-12-8-3-2-7(5-11)4-9(8)14-6-10(12)13/h2-4H,5-6H2,1H3. The highest BCUT2D eigenvalue weighted by Gasteiger charge is 2.21. The zero-order valence-electron chi connectivity index (χ0n) is 7.79. The van der Waals surface area contributed by atoms with E-state index in [1.165, 1.54) is 0 Å². The SMILES string of the molecule is CN1C(=O)COc2cc(CBr)ccc21. The van der Waals surface area contributed by atoms with E-state index in [0.29, 0.717) is 0 Å². The maximum absolute atomic E-state index is 11.3. The number of alkyl halides is 1. The summed E-state index contributed by atoms with van der Waals surface area (Å²) in [6.45, 7) is 0.134. The molecule has 74 valence electrons. The van der Waals surface area contributed by atoms with E-state index in [2.05, 4.69) is 15.9 Å². The van der Waals surface area contributed by atoms with Crippen LogP contribution in [0.4, 0.5) is 5.69 Å². The summed E-state index contributed by atoms with van der Waals surface area (Å²) in [4.78, 5) is 12.9. The quantitative estimate of drug-likeness (QED) is 0.718. The highest BCUT2D eigenvalue weighted by atomic mass is 79.9. The molecule has 1 aromatic rings. The minimum Gasteiger partial charge on any atom is -0.482 e. The number of likely N-dealkylation sites (N-methyl/N-ethyl adjacent to an activating group) is 1. The Morgan fingerprint density at radius 1 is 1.57 bits per heavy atom. The van der Waals surface area contributed by atoms with E-state index in [9.17, 15) is 4.79 Å². The summed E-state index contributed by atoms with van der Waals surface area (Å²) in [5, 5.41) is 0.793. The molecule has 0 saturated carbocycles. The number of rotatable bonds is 1. The van der Waals surface area contributed by atoms with Crippen molar-refractivity contribution in [3.8, 4) is 5.75 Å². The molecule has 1 aliphatic rings. The molecule has 0 aromatic heterocycles. The number of halogens is 1. The van der Waals surface area contributed by atoms with Gasteiger partial charge in [0, 0.05) is 12.4 Å². The van der Waals surface area contributed by atoms with E-state index in [1.54, 1.807) is 11.9 Å². The highest BCUT2D eigenvalue weighted by molar-refractivity contribution is 9.08. The van der Waals surface area contributed by atoms with Gasteiger partial charge in [-0.3, -0.25) is 4.79 Å². The number of fused-ring (bicyclic) bond motifs is 1. The van der Waals surface area contributed by atoms with Crippen molar-refractivity contribution in [1.82, 2.24) is 0 Å². The van der Waals surface area contributed by atoms with Gasteiger partial charge in [-0.1, -0.05) is 22.0 Å². The van der Waals surface area contributed by atoms with Crippen LogP contribution in [-0.2, 0) is 10.1 Å². The maximum Gasteiger partial charge on any atom is 0.264 e. The van der Waals surface area contributed by atoms with Crippen molar-refractivity contribution in [3.63, 3.8) is 0 Å². The molecule has 0 spiro atoms. The monoisotopic (exact) mass is 255 g/mol. The van der Waals surface area contributed by atoms with Crippen LogP contribution < -0.4 is 9.64 Å². The molecule has 1 amide bonds. The number of anilines is 1. The highest BCUT2D eigenvalue weighted by Crippen LogP contribution is 2.32. The van der Waals surface area contributed by atoms with Crippen LogP contribution in [0.5, 0.6) is 5.75 Å². The first-order chi connectivity index (χ1) is 6.72. The van der Waals surface area contributed by atoms with E-state index < -0.39 is 0 Å². The fourth-order valence-electron chi connectivity index (χ4n) is 1.41. The Labute approximate surface area is 90.8 Å². The third-order valence-electron chi connectivity index (χ3n) is 2.27. The lowest BCUT2D eigenvalue weighted by atomic mass is 10.2. The Balaban J connectivity index is 2.43. The van der Waals surface area contributed by atoms with E-state index >= 15 is 0 Å².